The third kappa shape index (κ3) is 2.73. The highest BCUT2D eigenvalue weighted by molar-refractivity contribution is 7.89. The van der Waals surface area contributed by atoms with E-state index >= 15 is 0 Å². The van der Waals surface area contributed by atoms with Crippen LogP contribution >= 0.6 is 11.6 Å². The minimum atomic E-state index is -3.75. The maximum absolute atomic E-state index is 11.4. The Morgan fingerprint density at radius 1 is 1.10 bits per heavy atom. The van der Waals surface area contributed by atoms with Gasteiger partial charge >= 0.3 is 0 Å². The molecular formula is C14H10ClN3O2S. The smallest absolute Gasteiger partial charge is 0.238 e. The summed E-state index contributed by atoms with van der Waals surface area (Å²) in [5, 5.41) is 5.63. The lowest BCUT2D eigenvalue weighted by molar-refractivity contribution is 0.598. The molecule has 2 N–H and O–H groups in total. The van der Waals surface area contributed by atoms with E-state index in [9.17, 15) is 8.42 Å². The van der Waals surface area contributed by atoms with Gasteiger partial charge in [-0.2, -0.15) is 0 Å². The van der Waals surface area contributed by atoms with Gasteiger partial charge in [0.05, 0.1) is 21.1 Å². The van der Waals surface area contributed by atoms with Gasteiger partial charge in [-0.05, 0) is 30.3 Å². The van der Waals surface area contributed by atoms with Gasteiger partial charge in [-0.1, -0.05) is 23.7 Å². The number of aromatic nitrogens is 2. The topological polar surface area (TPSA) is 85.9 Å². The molecule has 2 aromatic heterocycles. The predicted molar refractivity (Wildman–Crippen MR) is 81.4 cm³/mol. The molecule has 0 fully saturated rings. The Hall–Kier alpha value is -2.02. The van der Waals surface area contributed by atoms with Crippen LogP contribution in [-0.2, 0) is 10.0 Å². The van der Waals surface area contributed by atoms with E-state index in [0.717, 1.165) is 0 Å². The fraction of sp³-hybridized carbons (Fsp3) is 0. The summed E-state index contributed by atoms with van der Waals surface area (Å²) in [5.74, 6) is 0. The molecule has 0 spiro atoms. The van der Waals surface area contributed by atoms with Crippen LogP contribution in [0.1, 0.15) is 0 Å². The fourth-order valence-electron chi connectivity index (χ4n) is 1.99. The number of hydrogen-bond donors (Lipinski definition) is 1. The summed E-state index contributed by atoms with van der Waals surface area (Å²) in [4.78, 5) is 8.65. The molecule has 0 aliphatic carbocycles. The second kappa shape index (κ2) is 5.07. The molecule has 0 aliphatic rings. The molecule has 3 aromatic rings. The molecule has 2 heterocycles. The Labute approximate surface area is 126 Å². The number of nitrogens with two attached hydrogens (primary N) is 1. The first-order chi connectivity index (χ1) is 9.95. The van der Waals surface area contributed by atoms with E-state index in [1.54, 1.807) is 36.5 Å². The van der Waals surface area contributed by atoms with Crippen molar-refractivity contribution in [1.29, 1.82) is 0 Å². The van der Waals surface area contributed by atoms with Crippen molar-refractivity contribution in [3.8, 4) is 11.3 Å². The zero-order valence-corrected chi connectivity index (χ0v) is 12.3. The Morgan fingerprint density at radius 2 is 1.90 bits per heavy atom. The van der Waals surface area contributed by atoms with Crippen LogP contribution in [0.4, 0.5) is 0 Å². The monoisotopic (exact) mass is 319 g/mol. The maximum atomic E-state index is 11.4. The molecule has 0 saturated heterocycles. The first-order valence-corrected chi connectivity index (χ1v) is 7.92. The van der Waals surface area contributed by atoms with E-state index in [1.807, 2.05) is 0 Å². The highest BCUT2D eigenvalue weighted by atomic mass is 35.5. The quantitative estimate of drug-likeness (QED) is 0.786. The number of sulfonamides is 1. The normalized spacial score (nSPS) is 11.7. The summed E-state index contributed by atoms with van der Waals surface area (Å²) in [6.45, 7) is 0. The maximum Gasteiger partial charge on any atom is 0.238 e. The molecule has 0 amide bonds. The molecule has 3 rings (SSSR count). The number of nitrogens with zero attached hydrogens (tertiary/aromatic N) is 2. The Kier molecular flexibility index (Phi) is 3.36. The van der Waals surface area contributed by atoms with Gasteiger partial charge < -0.3 is 0 Å². The van der Waals surface area contributed by atoms with Gasteiger partial charge in [-0.25, -0.2) is 18.5 Å². The van der Waals surface area contributed by atoms with E-state index in [0.29, 0.717) is 27.3 Å². The zero-order valence-electron chi connectivity index (χ0n) is 10.7. The second-order valence-electron chi connectivity index (χ2n) is 4.43. The van der Waals surface area contributed by atoms with Crippen LogP contribution in [-0.4, -0.2) is 18.4 Å². The molecule has 0 radical (unpaired) electrons. The molecule has 0 unspecified atom stereocenters. The predicted octanol–water partition coefficient (Wildman–Crippen LogP) is 2.60. The summed E-state index contributed by atoms with van der Waals surface area (Å²) in [5.41, 5.74) is 2.48. The van der Waals surface area contributed by atoms with Gasteiger partial charge in [-0.3, -0.25) is 4.98 Å². The van der Waals surface area contributed by atoms with Crippen molar-refractivity contribution in [2.45, 2.75) is 4.90 Å². The summed E-state index contributed by atoms with van der Waals surface area (Å²) in [6.07, 6.45) is 1.60. The number of fused-ring (bicyclic) bond motifs is 1. The largest absolute Gasteiger partial charge is 0.255 e. The van der Waals surface area contributed by atoms with Crippen molar-refractivity contribution in [1.82, 2.24) is 9.97 Å². The Morgan fingerprint density at radius 3 is 2.67 bits per heavy atom. The van der Waals surface area contributed by atoms with Gasteiger partial charge in [0.25, 0.3) is 0 Å². The number of primary sulfonamides is 1. The fourth-order valence-corrected chi connectivity index (χ4v) is 2.74. The summed E-state index contributed by atoms with van der Waals surface area (Å²) in [6, 6.07) is 11.5. The molecule has 0 saturated carbocycles. The van der Waals surface area contributed by atoms with Crippen LogP contribution in [0.3, 0.4) is 0 Å². The number of hydrogen-bond acceptors (Lipinski definition) is 4. The summed E-state index contributed by atoms with van der Waals surface area (Å²) < 4.78 is 22.8. The lowest BCUT2D eigenvalue weighted by Crippen LogP contribution is -2.11. The SMILES string of the molecule is NS(=O)(=O)c1cccc(-c2ccc3nccc(Cl)c3n2)c1. The van der Waals surface area contributed by atoms with Crippen LogP contribution < -0.4 is 5.14 Å². The molecule has 5 nitrogen and oxygen atoms in total. The average Bonchev–Trinajstić information content (AvgIpc) is 2.47. The van der Waals surface area contributed by atoms with Gasteiger partial charge in [-0.15, -0.1) is 0 Å². The number of halogens is 1. The Bertz CT molecular complexity index is 942. The van der Waals surface area contributed by atoms with Crippen LogP contribution in [0, 0.1) is 0 Å². The molecule has 106 valence electrons. The van der Waals surface area contributed by atoms with Crippen LogP contribution in [0.25, 0.3) is 22.3 Å². The lowest BCUT2D eigenvalue weighted by atomic mass is 10.1. The molecule has 21 heavy (non-hydrogen) atoms. The third-order valence-electron chi connectivity index (χ3n) is 2.99. The third-order valence-corrected chi connectivity index (χ3v) is 4.21. The van der Waals surface area contributed by atoms with E-state index in [1.165, 1.54) is 12.1 Å². The molecule has 0 aliphatic heterocycles. The lowest BCUT2D eigenvalue weighted by Gasteiger charge is -2.05. The van der Waals surface area contributed by atoms with Gasteiger partial charge in [0, 0.05) is 11.8 Å². The van der Waals surface area contributed by atoms with Crippen molar-refractivity contribution in [2.24, 2.45) is 5.14 Å². The van der Waals surface area contributed by atoms with Crippen molar-refractivity contribution in [3.05, 3.63) is 53.7 Å². The first kappa shape index (κ1) is 13.9. The molecule has 0 atom stereocenters. The van der Waals surface area contributed by atoms with Gasteiger partial charge in [0.1, 0.15) is 5.52 Å². The summed E-state index contributed by atoms with van der Waals surface area (Å²) >= 11 is 6.10. The van der Waals surface area contributed by atoms with Gasteiger partial charge in [0.15, 0.2) is 0 Å². The van der Waals surface area contributed by atoms with Crippen molar-refractivity contribution in [2.75, 3.05) is 0 Å². The Balaban J connectivity index is 2.19. The first-order valence-electron chi connectivity index (χ1n) is 6.00. The molecular weight excluding hydrogens is 310 g/mol. The van der Waals surface area contributed by atoms with Crippen molar-refractivity contribution >= 4 is 32.7 Å². The van der Waals surface area contributed by atoms with E-state index in [-0.39, 0.29) is 4.90 Å². The number of rotatable bonds is 2. The number of pyridine rings is 2. The molecule has 1 aromatic carbocycles. The van der Waals surface area contributed by atoms with E-state index < -0.39 is 10.0 Å². The zero-order chi connectivity index (χ0) is 15.0. The average molecular weight is 320 g/mol. The van der Waals surface area contributed by atoms with Crippen molar-refractivity contribution in [3.63, 3.8) is 0 Å². The standard InChI is InChI=1S/C14H10ClN3O2S/c15-11-6-7-17-13-5-4-12(18-14(11)13)9-2-1-3-10(8-9)21(16,19)20/h1-8H,(H2,16,19,20). The highest BCUT2D eigenvalue weighted by Crippen LogP contribution is 2.25. The highest BCUT2D eigenvalue weighted by Gasteiger charge is 2.10. The minimum absolute atomic E-state index is 0.0409. The summed E-state index contributed by atoms with van der Waals surface area (Å²) in [7, 11) is -3.75. The van der Waals surface area contributed by atoms with E-state index in [4.69, 9.17) is 16.7 Å². The minimum Gasteiger partial charge on any atom is -0.255 e. The van der Waals surface area contributed by atoms with Crippen molar-refractivity contribution < 1.29 is 8.42 Å². The van der Waals surface area contributed by atoms with Gasteiger partial charge in [0.2, 0.25) is 10.0 Å². The second-order valence-corrected chi connectivity index (χ2v) is 6.40. The van der Waals surface area contributed by atoms with E-state index in [2.05, 4.69) is 9.97 Å². The number of benzene rings is 1. The van der Waals surface area contributed by atoms with Crippen LogP contribution in [0.15, 0.2) is 53.6 Å². The van der Waals surface area contributed by atoms with Crippen LogP contribution in [0.2, 0.25) is 5.02 Å². The van der Waals surface area contributed by atoms with Crippen LogP contribution in [0.5, 0.6) is 0 Å². The molecule has 0 bridgehead atoms. The molecule has 7 heteroatoms.